The molecule has 4 heterocycles. The monoisotopic (exact) mass is 669 g/mol. The van der Waals surface area contributed by atoms with Gasteiger partial charge in [-0.3, -0.25) is 24.1 Å². The lowest BCUT2D eigenvalue weighted by atomic mass is 10.1. The number of amides is 2. The summed E-state index contributed by atoms with van der Waals surface area (Å²) < 4.78 is 32.1. The second-order valence-electron chi connectivity index (χ2n) is 10.8. The van der Waals surface area contributed by atoms with Crippen LogP contribution in [-0.4, -0.2) is 44.2 Å². The van der Waals surface area contributed by atoms with Gasteiger partial charge in [-0.25, -0.2) is 33.4 Å². The number of hydroxylamine groups is 1. The highest BCUT2D eigenvalue weighted by molar-refractivity contribution is 7.22. The van der Waals surface area contributed by atoms with E-state index in [9.17, 15) is 23.2 Å². The zero-order chi connectivity index (χ0) is 33.8. The molecule has 2 N–H and O–H groups in total. The van der Waals surface area contributed by atoms with E-state index < -0.39 is 35.5 Å². The maximum absolute atomic E-state index is 15.0. The van der Waals surface area contributed by atoms with Gasteiger partial charge in [-0.15, -0.1) is 11.3 Å². The lowest BCUT2D eigenvalue weighted by Crippen LogP contribution is -2.39. The normalized spacial score (nSPS) is 11.3. The zero-order valence-electron chi connectivity index (χ0n) is 25.8. The van der Waals surface area contributed by atoms with E-state index in [0.29, 0.717) is 28.2 Å². The van der Waals surface area contributed by atoms with Gasteiger partial charge in [0.15, 0.2) is 0 Å². The Kier molecular flexibility index (Phi) is 9.48. The van der Waals surface area contributed by atoms with Crippen molar-refractivity contribution in [2.45, 2.75) is 19.6 Å². The molecular weight excluding hydrogens is 640 g/mol. The van der Waals surface area contributed by atoms with Gasteiger partial charge < -0.3 is 5.32 Å². The van der Waals surface area contributed by atoms with Gasteiger partial charge in [0, 0.05) is 41.6 Å². The Morgan fingerprint density at radius 3 is 2.25 bits per heavy atom. The van der Waals surface area contributed by atoms with Crippen molar-refractivity contribution in [2.75, 3.05) is 19.5 Å². The van der Waals surface area contributed by atoms with Crippen molar-refractivity contribution in [1.82, 2.24) is 29.5 Å². The van der Waals surface area contributed by atoms with Crippen LogP contribution in [0.15, 0.2) is 101 Å². The van der Waals surface area contributed by atoms with Crippen LogP contribution in [0.5, 0.6) is 0 Å². The third-order valence-corrected chi connectivity index (χ3v) is 8.82. The molecule has 244 valence electrons. The second kappa shape index (κ2) is 14.0. The first-order chi connectivity index (χ1) is 23.2. The Bertz CT molecular complexity index is 2190. The van der Waals surface area contributed by atoms with Crippen molar-refractivity contribution in [2.24, 2.45) is 0 Å². The number of urea groups is 1. The fourth-order valence-electron chi connectivity index (χ4n) is 5.37. The molecule has 2 aromatic carbocycles. The first-order valence-corrected chi connectivity index (χ1v) is 15.5. The number of carbonyl (C=O) groups is 1. The van der Waals surface area contributed by atoms with Gasteiger partial charge in [-0.2, -0.15) is 0 Å². The fraction of sp³-hybridized carbons (Fsp3) is 0.147. The van der Waals surface area contributed by atoms with Gasteiger partial charge in [0.2, 0.25) is 0 Å². The maximum atomic E-state index is 15.0. The predicted octanol–water partition coefficient (Wildman–Crippen LogP) is 5.31. The molecular formula is C34H29F2N7O4S. The summed E-state index contributed by atoms with van der Waals surface area (Å²) in [6.45, 7) is 0.233. The molecule has 48 heavy (non-hydrogen) atoms. The van der Waals surface area contributed by atoms with E-state index in [1.54, 1.807) is 42.6 Å². The molecule has 0 aliphatic heterocycles. The Balaban J connectivity index is 1.59. The topological polar surface area (TPSA) is 123 Å². The summed E-state index contributed by atoms with van der Waals surface area (Å²) in [6.07, 6.45) is 3.15. The first kappa shape index (κ1) is 32.4. The van der Waals surface area contributed by atoms with E-state index in [4.69, 9.17) is 0 Å². The standard InChI is InChI=1S/C34H29F2N7O4S/c1-41(18-23-8-3-5-16-37-23)19-25-29-31(44)43(28-11-4-6-17-38-28)34(46)42(20-24-26(35)9-7-10-27(24)36)32(29)48-30(25)21-12-14-22(15-13-21)39-33(45)40-47-2/h3-17H,18-20H2,1-2H3,(H2,39,40,45). The Morgan fingerprint density at radius 1 is 0.896 bits per heavy atom. The highest BCUT2D eigenvalue weighted by atomic mass is 32.1. The molecule has 2 amide bonds. The minimum atomic E-state index is -0.821. The summed E-state index contributed by atoms with van der Waals surface area (Å²) in [5, 5.41) is 2.86. The summed E-state index contributed by atoms with van der Waals surface area (Å²) in [4.78, 5) is 56.7. The van der Waals surface area contributed by atoms with Gasteiger partial charge in [0.25, 0.3) is 5.56 Å². The van der Waals surface area contributed by atoms with Crippen LogP contribution in [0.1, 0.15) is 16.8 Å². The third kappa shape index (κ3) is 6.62. The van der Waals surface area contributed by atoms with Crippen LogP contribution in [0.4, 0.5) is 19.3 Å². The number of nitrogens with zero attached hydrogens (tertiary/aromatic N) is 5. The van der Waals surface area contributed by atoms with E-state index in [-0.39, 0.29) is 28.1 Å². The van der Waals surface area contributed by atoms with Gasteiger partial charge in [0.05, 0.1) is 24.7 Å². The highest BCUT2D eigenvalue weighted by Gasteiger charge is 2.26. The molecule has 4 aromatic heterocycles. The van der Waals surface area contributed by atoms with Crippen molar-refractivity contribution in [1.29, 1.82) is 0 Å². The van der Waals surface area contributed by atoms with E-state index in [2.05, 4.69) is 25.6 Å². The summed E-state index contributed by atoms with van der Waals surface area (Å²) in [6, 6.07) is 20.2. The number of fused-ring (bicyclic) bond motifs is 1. The molecule has 0 saturated heterocycles. The van der Waals surface area contributed by atoms with Crippen molar-refractivity contribution < 1.29 is 18.4 Å². The second-order valence-corrected chi connectivity index (χ2v) is 11.8. The average molecular weight is 670 g/mol. The van der Waals surface area contributed by atoms with E-state index >= 15 is 0 Å². The van der Waals surface area contributed by atoms with E-state index in [1.165, 1.54) is 41.3 Å². The number of anilines is 1. The minimum Gasteiger partial charge on any atom is -0.306 e. The SMILES string of the molecule is CONC(=O)Nc1ccc(-c2sc3c(c2CN(C)Cc2ccccn2)c(=O)n(-c2ccccn2)c(=O)n3Cc2c(F)cccc2F)cc1. The van der Waals surface area contributed by atoms with Crippen molar-refractivity contribution in [3.8, 4) is 16.3 Å². The van der Waals surface area contributed by atoms with Crippen molar-refractivity contribution in [3.63, 3.8) is 0 Å². The molecule has 0 aliphatic rings. The number of benzene rings is 2. The number of carbonyl (C=O) groups excluding carboxylic acids is 1. The fourth-order valence-corrected chi connectivity index (χ4v) is 6.67. The molecule has 0 saturated carbocycles. The molecule has 0 bridgehead atoms. The smallest absolute Gasteiger partial charge is 0.306 e. The summed E-state index contributed by atoms with van der Waals surface area (Å²) in [5.41, 5.74) is 3.04. The maximum Gasteiger partial charge on any atom is 0.343 e. The van der Waals surface area contributed by atoms with Gasteiger partial charge in [-0.05, 0) is 66.7 Å². The van der Waals surface area contributed by atoms with Gasteiger partial charge in [-0.1, -0.05) is 30.3 Å². The Morgan fingerprint density at radius 2 is 1.60 bits per heavy atom. The average Bonchev–Trinajstić information content (AvgIpc) is 3.44. The molecule has 0 spiro atoms. The number of hydrogen-bond donors (Lipinski definition) is 2. The lowest BCUT2D eigenvalue weighted by Gasteiger charge is -2.18. The Labute approximate surface area is 276 Å². The number of hydrogen-bond acceptors (Lipinski definition) is 8. The lowest BCUT2D eigenvalue weighted by molar-refractivity contribution is 0.114. The molecule has 0 radical (unpaired) electrons. The van der Waals surface area contributed by atoms with Crippen LogP contribution in [-0.2, 0) is 24.5 Å². The number of thiophene rings is 1. The number of halogens is 2. The molecule has 11 nitrogen and oxygen atoms in total. The van der Waals surface area contributed by atoms with E-state index in [1.807, 2.05) is 30.1 Å². The summed E-state index contributed by atoms with van der Waals surface area (Å²) in [7, 11) is 3.20. The first-order valence-electron chi connectivity index (χ1n) is 14.7. The summed E-state index contributed by atoms with van der Waals surface area (Å²) >= 11 is 1.17. The minimum absolute atomic E-state index is 0.0717. The van der Waals surface area contributed by atoms with Gasteiger partial charge >= 0.3 is 11.7 Å². The molecule has 0 fully saturated rings. The van der Waals surface area contributed by atoms with Crippen LogP contribution in [0, 0.1) is 11.6 Å². The third-order valence-electron chi connectivity index (χ3n) is 7.51. The summed E-state index contributed by atoms with van der Waals surface area (Å²) in [5.74, 6) is -1.57. The van der Waals surface area contributed by atoms with Crippen molar-refractivity contribution in [3.05, 3.63) is 141 Å². The molecule has 6 rings (SSSR count). The number of aromatic nitrogens is 4. The number of nitrogens with one attached hydrogen (secondary N) is 2. The van der Waals surface area contributed by atoms with Crippen LogP contribution >= 0.6 is 11.3 Å². The predicted molar refractivity (Wildman–Crippen MR) is 179 cm³/mol. The van der Waals surface area contributed by atoms with Crippen LogP contribution in [0.3, 0.4) is 0 Å². The molecule has 0 aliphatic carbocycles. The Hall–Kier alpha value is -5.57. The quantitative estimate of drug-likeness (QED) is 0.190. The van der Waals surface area contributed by atoms with E-state index in [0.717, 1.165) is 22.4 Å². The van der Waals surface area contributed by atoms with Crippen molar-refractivity contribution >= 4 is 33.3 Å². The molecule has 0 atom stereocenters. The largest absolute Gasteiger partial charge is 0.343 e. The highest BCUT2D eigenvalue weighted by Crippen LogP contribution is 2.38. The van der Waals surface area contributed by atoms with Gasteiger partial charge in [0.1, 0.15) is 22.3 Å². The zero-order valence-corrected chi connectivity index (χ0v) is 26.6. The number of pyridine rings is 2. The van der Waals surface area contributed by atoms with Crippen LogP contribution < -0.4 is 22.0 Å². The van der Waals surface area contributed by atoms with Crippen LogP contribution in [0.2, 0.25) is 0 Å². The number of rotatable bonds is 10. The molecule has 14 heteroatoms. The molecule has 6 aromatic rings. The molecule has 0 unspecified atom stereocenters. The van der Waals surface area contributed by atoms with Crippen LogP contribution in [0.25, 0.3) is 26.5 Å².